The van der Waals surface area contributed by atoms with Gasteiger partial charge in [0.2, 0.25) is 5.89 Å². The molecule has 1 aliphatic heterocycles. The highest BCUT2D eigenvalue weighted by molar-refractivity contribution is 5.94. The number of oxazole rings is 1. The fourth-order valence-corrected chi connectivity index (χ4v) is 3.87. The first-order valence-corrected chi connectivity index (χ1v) is 11.0. The number of carbonyl (C=O) groups is 1. The number of hydrogen-bond acceptors (Lipinski definition) is 4. The van der Waals surface area contributed by atoms with Crippen LogP contribution >= 0.6 is 0 Å². The van der Waals surface area contributed by atoms with Gasteiger partial charge in [-0.3, -0.25) is 9.69 Å². The van der Waals surface area contributed by atoms with Gasteiger partial charge in [0, 0.05) is 37.2 Å². The highest BCUT2D eigenvalue weighted by Gasteiger charge is 2.23. The van der Waals surface area contributed by atoms with Crippen LogP contribution in [0.5, 0.6) is 0 Å². The molecule has 1 amide bonds. The molecule has 2 aromatic carbocycles. The molecule has 0 spiro atoms. The van der Waals surface area contributed by atoms with Gasteiger partial charge in [-0.1, -0.05) is 63.2 Å². The number of nitrogens with zero attached hydrogens (tertiary/aromatic N) is 3. The van der Waals surface area contributed by atoms with E-state index in [-0.39, 0.29) is 11.3 Å². The minimum absolute atomic E-state index is 0.0384. The smallest absolute Gasteiger partial charge is 0.253 e. The molecule has 0 aliphatic carbocycles. The normalized spacial score (nSPS) is 15.6. The molecule has 1 aromatic heterocycles. The van der Waals surface area contributed by atoms with Crippen molar-refractivity contribution in [3.8, 4) is 11.1 Å². The van der Waals surface area contributed by atoms with E-state index in [4.69, 9.17) is 4.42 Å². The van der Waals surface area contributed by atoms with Crippen LogP contribution in [0.4, 0.5) is 0 Å². The Morgan fingerprint density at radius 1 is 0.935 bits per heavy atom. The van der Waals surface area contributed by atoms with Crippen molar-refractivity contribution in [1.82, 2.24) is 14.8 Å². The summed E-state index contributed by atoms with van der Waals surface area (Å²) in [4.78, 5) is 21.8. The van der Waals surface area contributed by atoms with Crippen molar-refractivity contribution in [3.05, 3.63) is 78.0 Å². The molecule has 3 aromatic rings. The van der Waals surface area contributed by atoms with Crippen LogP contribution in [0, 0.1) is 0 Å². The Balaban J connectivity index is 1.36. The lowest BCUT2D eigenvalue weighted by atomic mass is 9.94. The van der Waals surface area contributed by atoms with Gasteiger partial charge >= 0.3 is 0 Å². The molecule has 1 aliphatic rings. The Morgan fingerprint density at radius 3 is 2.32 bits per heavy atom. The van der Waals surface area contributed by atoms with E-state index in [1.165, 1.54) is 0 Å². The Bertz CT molecular complexity index is 1000. The third kappa shape index (κ3) is 5.23. The molecule has 162 valence electrons. The van der Waals surface area contributed by atoms with E-state index >= 15 is 0 Å². The standard InChI is InChI=1S/C26H31N3O2/c1-26(2,3)23-18-27-24(31-23)19-28-14-7-15-29(17-16-28)25(30)22-12-10-21(11-13-22)20-8-5-4-6-9-20/h4-6,8-13,18H,7,14-17,19H2,1-3H3. The van der Waals surface area contributed by atoms with Crippen LogP contribution in [0.2, 0.25) is 0 Å². The van der Waals surface area contributed by atoms with Crippen LogP contribution in [0.15, 0.2) is 65.2 Å². The van der Waals surface area contributed by atoms with Gasteiger partial charge in [-0.15, -0.1) is 0 Å². The molecule has 2 heterocycles. The van der Waals surface area contributed by atoms with Crippen LogP contribution in [0.25, 0.3) is 11.1 Å². The fourth-order valence-electron chi connectivity index (χ4n) is 3.87. The first-order chi connectivity index (χ1) is 14.9. The largest absolute Gasteiger partial charge is 0.444 e. The van der Waals surface area contributed by atoms with Crippen molar-refractivity contribution in [2.75, 3.05) is 26.2 Å². The SMILES string of the molecule is CC(C)(C)c1cnc(CN2CCCN(C(=O)c3ccc(-c4ccccc4)cc3)CC2)o1. The Morgan fingerprint density at radius 2 is 1.65 bits per heavy atom. The summed E-state index contributed by atoms with van der Waals surface area (Å²) >= 11 is 0. The Kier molecular flexibility index (Phi) is 6.23. The third-order valence-electron chi connectivity index (χ3n) is 5.77. The lowest BCUT2D eigenvalue weighted by Crippen LogP contribution is -2.35. The number of amides is 1. The van der Waals surface area contributed by atoms with Crippen molar-refractivity contribution in [3.63, 3.8) is 0 Å². The quantitative estimate of drug-likeness (QED) is 0.600. The number of rotatable bonds is 4. The summed E-state index contributed by atoms with van der Waals surface area (Å²) in [7, 11) is 0. The van der Waals surface area contributed by atoms with E-state index in [0.29, 0.717) is 13.1 Å². The monoisotopic (exact) mass is 417 g/mol. The van der Waals surface area contributed by atoms with Gasteiger partial charge in [0.25, 0.3) is 5.91 Å². The van der Waals surface area contributed by atoms with E-state index in [9.17, 15) is 4.79 Å². The van der Waals surface area contributed by atoms with Gasteiger partial charge in [0.05, 0.1) is 12.7 Å². The topological polar surface area (TPSA) is 49.6 Å². The van der Waals surface area contributed by atoms with Crippen LogP contribution in [0.3, 0.4) is 0 Å². The zero-order chi connectivity index (χ0) is 21.8. The molecule has 0 unspecified atom stereocenters. The second-order valence-electron chi connectivity index (χ2n) is 9.23. The van der Waals surface area contributed by atoms with Crippen molar-refractivity contribution in [2.45, 2.75) is 39.2 Å². The molecule has 0 saturated carbocycles. The van der Waals surface area contributed by atoms with Crippen molar-refractivity contribution in [2.24, 2.45) is 0 Å². The molecular weight excluding hydrogens is 386 g/mol. The molecule has 5 heteroatoms. The van der Waals surface area contributed by atoms with Gasteiger partial charge in [-0.2, -0.15) is 0 Å². The van der Waals surface area contributed by atoms with Crippen LogP contribution in [-0.2, 0) is 12.0 Å². The van der Waals surface area contributed by atoms with Crippen molar-refractivity contribution < 1.29 is 9.21 Å². The minimum Gasteiger partial charge on any atom is -0.444 e. The molecule has 0 N–H and O–H groups in total. The van der Waals surface area contributed by atoms with E-state index in [2.05, 4.69) is 42.8 Å². The van der Waals surface area contributed by atoms with E-state index in [0.717, 1.165) is 54.4 Å². The maximum Gasteiger partial charge on any atom is 0.253 e. The summed E-state index contributed by atoms with van der Waals surface area (Å²) in [6.07, 6.45) is 2.78. The summed E-state index contributed by atoms with van der Waals surface area (Å²) in [6.45, 7) is 10.3. The van der Waals surface area contributed by atoms with Gasteiger partial charge in [0.15, 0.2) is 0 Å². The number of aromatic nitrogens is 1. The van der Waals surface area contributed by atoms with Crippen molar-refractivity contribution >= 4 is 5.91 Å². The molecule has 1 fully saturated rings. The first-order valence-electron chi connectivity index (χ1n) is 11.0. The molecule has 4 rings (SSSR count). The number of hydrogen-bond donors (Lipinski definition) is 0. The maximum absolute atomic E-state index is 13.1. The summed E-state index contributed by atoms with van der Waals surface area (Å²) < 4.78 is 5.95. The molecule has 0 atom stereocenters. The first kappa shape index (κ1) is 21.3. The van der Waals surface area contributed by atoms with E-state index < -0.39 is 0 Å². The van der Waals surface area contributed by atoms with Crippen LogP contribution in [0.1, 0.15) is 49.2 Å². The lowest BCUT2D eigenvalue weighted by Gasteiger charge is -2.21. The molecule has 0 bridgehead atoms. The average Bonchev–Trinajstić information content (AvgIpc) is 3.13. The Labute approximate surface area is 184 Å². The number of benzene rings is 2. The van der Waals surface area contributed by atoms with E-state index in [1.54, 1.807) is 0 Å². The molecule has 1 saturated heterocycles. The summed E-state index contributed by atoms with van der Waals surface area (Å²) in [5.41, 5.74) is 2.99. The second kappa shape index (κ2) is 9.06. The van der Waals surface area contributed by atoms with Gasteiger partial charge in [-0.05, 0) is 29.7 Å². The highest BCUT2D eigenvalue weighted by Crippen LogP contribution is 2.24. The third-order valence-corrected chi connectivity index (χ3v) is 5.77. The van der Waals surface area contributed by atoms with Gasteiger partial charge < -0.3 is 9.32 Å². The molecule has 0 radical (unpaired) electrons. The number of carbonyl (C=O) groups excluding carboxylic acids is 1. The van der Waals surface area contributed by atoms with Crippen LogP contribution in [-0.4, -0.2) is 46.9 Å². The molecular formula is C26H31N3O2. The summed E-state index contributed by atoms with van der Waals surface area (Å²) in [6, 6.07) is 18.2. The average molecular weight is 418 g/mol. The summed E-state index contributed by atoms with van der Waals surface area (Å²) in [5.74, 6) is 1.77. The predicted molar refractivity (Wildman–Crippen MR) is 123 cm³/mol. The molecule has 31 heavy (non-hydrogen) atoms. The highest BCUT2D eigenvalue weighted by atomic mass is 16.4. The van der Waals surface area contributed by atoms with Gasteiger partial charge in [0.1, 0.15) is 5.76 Å². The van der Waals surface area contributed by atoms with E-state index in [1.807, 2.05) is 53.6 Å². The zero-order valence-corrected chi connectivity index (χ0v) is 18.7. The second-order valence-corrected chi connectivity index (χ2v) is 9.23. The van der Waals surface area contributed by atoms with Crippen LogP contribution < -0.4 is 0 Å². The predicted octanol–water partition coefficient (Wildman–Crippen LogP) is 4.99. The minimum atomic E-state index is -0.0384. The molecule has 5 nitrogen and oxygen atoms in total. The van der Waals surface area contributed by atoms with Gasteiger partial charge in [-0.25, -0.2) is 4.98 Å². The zero-order valence-electron chi connectivity index (χ0n) is 18.7. The fraction of sp³-hybridized carbons (Fsp3) is 0.385. The maximum atomic E-state index is 13.1. The summed E-state index contributed by atoms with van der Waals surface area (Å²) in [5, 5.41) is 0. The Hall–Kier alpha value is -2.92. The van der Waals surface area contributed by atoms with Crippen molar-refractivity contribution in [1.29, 1.82) is 0 Å². The lowest BCUT2D eigenvalue weighted by molar-refractivity contribution is 0.0760.